The van der Waals surface area contributed by atoms with Crippen molar-refractivity contribution in [3.05, 3.63) is 211 Å². The monoisotopic (exact) mass is 650 g/mol. The van der Waals surface area contributed by atoms with Crippen molar-refractivity contribution in [1.29, 1.82) is 0 Å². The third-order valence-corrected chi connectivity index (χ3v) is 9.91. The smallest absolute Gasteiger partial charge is 0.247 e. The molecule has 3 heteroatoms. The van der Waals surface area contributed by atoms with E-state index in [1.54, 1.807) is 0 Å². The van der Waals surface area contributed by atoms with Crippen molar-refractivity contribution in [2.45, 2.75) is 0 Å². The van der Waals surface area contributed by atoms with Crippen molar-refractivity contribution in [3.63, 3.8) is 0 Å². The molecule has 0 bridgehead atoms. The summed E-state index contributed by atoms with van der Waals surface area (Å²) < 4.78 is 0. The van der Waals surface area contributed by atoms with Crippen LogP contribution in [0.1, 0.15) is 11.1 Å². The summed E-state index contributed by atoms with van der Waals surface area (Å²) in [6.07, 6.45) is 4.38. The standard InChI is InChI=1S/C48H35BN2/c1-3-16-39(17-4-1)50(40-18-5-2-6-19-40)41-32-28-36(29-33-41)26-27-37-30-34-42(35-31-37)51-47-24-11-9-21-45(47)49(46-22-10-12-25-48(46)51)44-23-13-15-38-14-7-8-20-43(38)44/h1-35H. The van der Waals surface area contributed by atoms with Gasteiger partial charge in [-0.2, -0.15) is 0 Å². The van der Waals surface area contributed by atoms with Crippen LogP contribution in [0.2, 0.25) is 0 Å². The molecule has 0 radical (unpaired) electrons. The van der Waals surface area contributed by atoms with Gasteiger partial charge in [-0.15, -0.1) is 0 Å². The predicted octanol–water partition coefficient (Wildman–Crippen LogP) is 10.8. The summed E-state index contributed by atoms with van der Waals surface area (Å²) in [7, 11) is 0. The summed E-state index contributed by atoms with van der Waals surface area (Å²) in [5, 5.41) is 2.58. The lowest BCUT2D eigenvalue weighted by atomic mass is 9.34. The summed E-state index contributed by atoms with van der Waals surface area (Å²) in [6, 6.07) is 71.9. The summed E-state index contributed by atoms with van der Waals surface area (Å²) in [5.41, 5.74) is 13.3. The van der Waals surface area contributed by atoms with Crippen LogP contribution >= 0.6 is 0 Å². The molecule has 0 aliphatic carbocycles. The van der Waals surface area contributed by atoms with E-state index < -0.39 is 0 Å². The second-order valence-corrected chi connectivity index (χ2v) is 13.0. The van der Waals surface area contributed by atoms with E-state index in [4.69, 9.17) is 0 Å². The topological polar surface area (TPSA) is 6.48 Å². The summed E-state index contributed by atoms with van der Waals surface area (Å²) >= 11 is 0. The van der Waals surface area contributed by atoms with E-state index >= 15 is 0 Å². The molecule has 0 saturated heterocycles. The van der Waals surface area contributed by atoms with Crippen LogP contribution in [0.15, 0.2) is 200 Å². The van der Waals surface area contributed by atoms with E-state index in [2.05, 4.69) is 222 Å². The summed E-state index contributed by atoms with van der Waals surface area (Å²) in [6.45, 7) is 0.140. The third kappa shape index (κ3) is 5.79. The Hall–Kier alpha value is -6.58. The maximum atomic E-state index is 2.42. The minimum absolute atomic E-state index is 0.140. The van der Waals surface area contributed by atoms with Crippen LogP contribution in [0.25, 0.3) is 22.9 Å². The fraction of sp³-hybridized carbons (Fsp3) is 0. The normalized spacial score (nSPS) is 12.2. The molecule has 0 fully saturated rings. The lowest BCUT2D eigenvalue weighted by Gasteiger charge is -2.37. The largest absolute Gasteiger partial charge is 0.312 e. The van der Waals surface area contributed by atoms with Crippen LogP contribution in [0, 0.1) is 0 Å². The van der Waals surface area contributed by atoms with Crippen molar-refractivity contribution in [2.24, 2.45) is 0 Å². The van der Waals surface area contributed by atoms with Gasteiger partial charge >= 0.3 is 0 Å². The van der Waals surface area contributed by atoms with E-state index in [1.807, 2.05) is 0 Å². The van der Waals surface area contributed by atoms with E-state index in [1.165, 1.54) is 38.5 Å². The highest BCUT2D eigenvalue weighted by Crippen LogP contribution is 2.37. The molecule has 51 heavy (non-hydrogen) atoms. The number of fused-ring (bicyclic) bond motifs is 3. The number of benzene rings is 8. The van der Waals surface area contributed by atoms with Crippen LogP contribution in [-0.2, 0) is 0 Å². The van der Waals surface area contributed by atoms with Crippen LogP contribution in [0.4, 0.5) is 34.1 Å². The molecule has 9 rings (SSSR count). The Morgan fingerprint density at radius 2 is 0.824 bits per heavy atom. The fourth-order valence-electron chi connectivity index (χ4n) is 7.55. The Kier molecular flexibility index (Phi) is 8.00. The maximum absolute atomic E-state index is 2.42. The second-order valence-electron chi connectivity index (χ2n) is 13.0. The molecule has 1 aliphatic heterocycles. The van der Waals surface area contributed by atoms with Gasteiger partial charge in [0, 0.05) is 34.1 Å². The molecule has 0 atom stereocenters. The third-order valence-electron chi connectivity index (χ3n) is 9.91. The molecule has 0 amide bonds. The summed E-state index contributed by atoms with van der Waals surface area (Å²) in [4.78, 5) is 4.71. The molecule has 1 aliphatic rings. The lowest BCUT2D eigenvalue weighted by molar-refractivity contribution is 1.28. The zero-order chi connectivity index (χ0) is 34.0. The molecule has 240 valence electrons. The van der Waals surface area contributed by atoms with Gasteiger partial charge in [-0.3, -0.25) is 0 Å². The van der Waals surface area contributed by atoms with Gasteiger partial charge in [0.15, 0.2) is 0 Å². The average Bonchev–Trinajstić information content (AvgIpc) is 3.21. The second kappa shape index (κ2) is 13.4. The van der Waals surface area contributed by atoms with E-state index in [0.29, 0.717) is 0 Å². The number of hydrogen-bond donors (Lipinski definition) is 0. The molecule has 0 N–H and O–H groups in total. The quantitative estimate of drug-likeness (QED) is 0.125. The van der Waals surface area contributed by atoms with Crippen LogP contribution in [-0.4, -0.2) is 6.71 Å². The fourth-order valence-corrected chi connectivity index (χ4v) is 7.55. The number of nitrogens with zero attached hydrogens (tertiary/aromatic N) is 2. The first kappa shape index (κ1) is 30.5. The first-order valence-electron chi connectivity index (χ1n) is 17.6. The Bertz CT molecular complexity index is 2380. The van der Waals surface area contributed by atoms with Gasteiger partial charge in [0.05, 0.1) is 0 Å². The van der Waals surface area contributed by atoms with Crippen molar-refractivity contribution >= 4 is 80.1 Å². The maximum Gasteiger partial charge on any atom is 0.247 e. The highest BCUT2D eigenvalue weighted by molar-refractivity contribution is 6.99. The molecule has 8 aromatic carbocycles. The number of para-hydroxylation sites is 4. The van der Waals surface area contributed by atoms with Gasteiger partial charge in [-0.25, -0.2) is 0 Å². The highest BCUT2D eigenvalue weighted by Gasteiger charge is 2.35. The van der Waals surface area contributed by atoms with Gasteiger partial charge in [0.25, 0.3) is 0 Å². The van der Waals surface area contributed by atoms with Gasteiger partial charge in [0.2, 0.25) is 6.71 Å². The van der Waals surface area contributed by atoms with Crippen LogP contribution < -0.4 is 26.2 Å². The Morgan fingerprint density at radius 1 is 0.373 bits per heavy atom. The molecule has 8 aromatic rings. The predicted molar refractivity (Wildman–Crippen MR) is 220 cm³/mol. The van der Waals surface area contributed by atoms with Gasteiger partial charge in [0.1, 0.15) is 0 Å². The first-order valence-corrected chi connectivity index (χ1v) is 17.6. The van der Waals surface area contributed by atoms with E-state index in [9.17, 15) is 0 Å². The average molecular weight is 651 g/mol. The molecular weight excluding hydrogens is 615 g/mol. The number of hydrogen-bond acceptors (Lipinski definition) is 2. The van der Waals surface area contributed by atoms with E-state index in [-0.39, 0.29) is 6.71 Å². The van der Waals surface area contributed by atoms with Crippen LogP contribution in [0.3, 0.4) is 0 Å². The van der Waals surface area contributed by atoms with Crippen molar-refractivity contribution < 1.29 is 0 Å². The molecule has 0 aromatic heterocycles. The molecule has 0 spiro atoms. The number of rotatable bonds is 7. The van der Waals surface area contributed by atoms with Crippen molar-refractivity contribution in [1.82, 2.24) is 0 Å². The summed E-state index contributed by atoms with van der Waals surface area (Å²) in [5.74, 6) is 0. The zero-order valence-corrected chi connectivity index (χ0v) is 28.2. The van der Waals surface area contributed by atoms with Crippen molar-refractivity contribution in [2.75, 3.05) is 9.80 Å². The Labute approximate surface area is 300 Å². The molecule has 0 saturated carbocycles. The van der Waals surface area contributed by atoms with E-state index in [0.717, 1.165) is 33.9 Å². The zero-order valence-electron chi connectivity index (χ0n) is 28.2. The SMILES string of the molecule is C(=Cc1ccc(N2c3ccccc3B(c3cccc4ccccc34)c3ccccc32)cc1)c1ccc(N(c2ccccc2)c2ccccc2)cc1. The minimum Gasteiger partial charge on any atom is -0.312 e. The Balaban J connectivity index is 1.01. The molecular formula is C48H35BN2. The first-order chi connectivity index (χ1) is 25.3. The number of anilines is 6. The van der Waals surface area contributed by atoms with Gasteiger partial charge < -0.3 is 9.80 Å². The van der Waals surface area contributed by atoms with Crippen molar-refractivity contribution in [3.8, 4) is 0 Å². The lowest BCUT2D eigenvalue weighted by Crippen LogP contribution is -2.57. The highest BCUT2D eigenvalue weighted by atomic mass is 15.2. The molecule has 0 unspecified atom stereocenters. The van der Waals surface area contributed by atoms with Crippen LogP contribution in [0.5, 0.6) is 0 Å². The van der Waals surface area contributed by atoms with Gasteiger partial charge in [-0.05, 0) is 93.5 Å². The van der Waals surface area contributed by atoms with Gasteiger partial charge in [-0.1, -0.05) is 157 Å². The molecule has 1 heterocycles. The Morgan fingerprint density at radius 3 is 1.43 bits per heavy atom. The molecule has 2 nitrogen and oxygen atoms in total. The minimum atomic E-state index is 0.140.